The van der Waals surface area contributed by atoms with Crippen LogP contribution in [0.2, 0.25) is 0 Å². The van der Waals surface area contributed by atoms with Crippen molar-refractivity contribution in [2.45, 2.75) is 173 Å². The third kappa shape index (κ3) is 4.47. The number of esters is 1. The molecule has 2 heterocycles. The van der Waals surface area contributed by atoms with Crippen LogP contribution in [0.1, 0.15) is 113 Å². The molecule has 0 radical (unpaired) electrons. The van der Waals surface area contributed by atoms with Gasteiger partial charge >= 0.3 is 5.97 Å². The average molecular weight is 665 g/mol. The van der Waals surface area contributed by atoms with E-state index in [1.165, 1.54) is 6.92 Å². The number of hydrogen-bond donors (Lipinski definition) is 5. The van der Waals surface area contributed by atoms with Crippen LogP contribution in [0.3, 0.4) is 0 Å². The van der Waals surface area contributed by atoms with Gasteiger partial charge in [-0.3, -0.25) is 4.79 Å². The maximum absolute atomic E-state index is 12.7. The number of fused-ring (bicyclic) bond motifs is 2. The molecular weight excluding hydrogens is 604 g/mol. The van der Waals surface area contributed by atoms with Crippen molar-refractivity contribution in [3.63, 3.8) is 0 Å². The second kappa shape index (κ2) is 10.6. The Kier molecular flexibility index (Phi) is 7.80. The number of aliphatic hydroxyl groups is 5. The van der Waals surface area contributed by atoms with Gasteiger partial charge in [0, 0.05) is 18.3 Å². The smallest absolute Gasteiger partial charge is 0.303 e. The van der Waals surface area contributed by atoms with Crippen LogP contribution in [0, 0.1) is 44.8 Å². The van der Waals surface area contributed by atoms with E-state index in [0.29, 0.717) is 12.3 Å². The predicted octanol–water partition coefficient (Wildman–Crippen LogP) is 3.47. The molecule has 2 saturated heterocycles. The molecular formula is C37H60O10. The molecule has 0 amide bonds. The maximum Gasteiger partial charge on any atom is 0.303 e. The highest BCUT2D eigenvalue weighted by molar-refractivity contribution is 5.66. The Morgan fingerprint density at radius 3 is 2.13 bits per heavy atom. The number of ether oxygens (including phenoxy) is 4. The van der Waals surface area contributed by atoms with Gasteiger partial charge in [0.1, 0.15) is 24.4 Å². The van der Waals surface area contributed by atoms with Crippen molar-refractivity contribution >= 4 is 5.97 Å². The summed E-state index contributed by atoms with van der Waals surface area (Å²) >= 11 is 0. The molecule has 47 heavy (non-hydrogen) atoms. The van der Waals surface area contributed by atoms with Crippen molar-refractivity contribution < 1.29 is 49.3 Å². The standard InChI is InChI=1S/C37H60O10/c1-19(38)45-29-27(42)28(34(7)13-11-24(47-34)32(4,5)43)33(6)15-16-37-18-36(37)14-12-23(46-30-26(41)25(40)20(39)17-44-30)31(2,3)21(36)9-10-22(37)35(29,33)8/h20-30,39-43H,9-18H2,1-8H3/t20-,21+,22+,23+,24-,25+,26-,27-,28-,29+,30+,33+,34+,35-,36-,37+/m0/s1. The van der Waals surface area contributed by atoms with Crippen LogP contribution in [-0.2, 0) is 23.7 Å². The van der Waals surface area contributed by atoms with Crippen molar-refractivity contribution in [1.82, 2.24) is 0 Å². The lowest BCUT2D eigenvalue weighted by Crippen LogP contribution is -2.62. The number of rotatable bonds is 5. The molecule has 10 nitrogen and oxygen atoms in total. The SMILES string of the molecule is CC(=O)O[C@@H]1[C@@H](O)[C@H]([C@@]2(C)CC[C@@H](C(C)(C)O)O2)[C@@]2(C)CC[C@]34C[C@]35CC[C@@H](O[C@H]3OC[C@H](O)[C@@H](O)[C@@H]3O)C(C)(C)[C@H]5CC[C@@H]4[C@@]12C. The molecule has 5 N–H and O–H groups in total. The Morgan fingerprint density at radius 2 is 1.49 bits per heavy atom. The van der Waals surface area contributed by atoms with Gasteiger partial charge in [0.25, 0.3) is 0 Å². The van der Waals surface area contributed by atoms with E-state index in [9.17, 15) is 30.3 Å². The Morgan fingerprint density at radius 1 is 0.830 bits per heavy atom. The van der Waals surface area contributed by atoms with Gasteiger partial charge in [-0.25, -0.2) is 0 Å². The zero-order valence-electron chi connectivity index (χ0n) is 29.7. The summed E-state index contributed by atoms with van der Waals surface area (Å²) in [5.41, 5.74) is -2.49. The molecule has 2 aliphatic heterocycles. The summed E-state index contributed by atoms with van der Waals surface area (Å²) < 4.78 is 25.1. The van der Waals surface area contributed by atoms with Crippen LogP contribution < -0.4 is 0 Å². The van der Waals surface area contributed by atoms with Gasteiger partial charge in [-0.05, 0) is 112 Å². The topological polar surface area (TPSA) is 155 Å². The summed E-state index contributed by atoms with van der Waals surface area (Å²) in [5, 5.41) is 54.0. The molecule has 0 bridgehead atoms. The van der Waals surface area contributed by atoms with Crippen molar-refractivity contribution in [1.29, 1.82) is 0 Å². The number of hydrogen-bond acceptors (Lipinski definition) is 10. The molecule has 7 aliphatic rings. The Hall–Kier alpha value is -0.850. The second-order valence-electron chi connectivity index (χ2n) is 18.7. The molecule has 16 atom stereocenters. The van der Waals surface area contributed by atoms with Crippen LogP contribution in [0.15, 0.2) is 0 Å². The van der Waals surface area contributed by atoms with Gasteiger partial charge < -0.3 is 44.5 Å². The minimum Gasteiger partial charge on any atom is -0.459 e. The van der Waals surface area contributed by atoms with E-state index >= 15 is 0 Å². The van der Waals surface area contributed by atoms with Crippen molar-refractivity contribution in [2.24, 2.45) is 44.8 Å². The van der Waals surface area contributed by atoms with Gasteiger partial charge in [0.15, 0.2) is 6.29 Å². The maximum atomic E-state index is 12.7. The largest absolute Gasteiger partial charge is 0.459 e. The first-order chi connectivity index (χ1) is 21.7. The fraction of sp³-hybridized carbons (Fsp3) is 0.973. The second-order valence-corrected chi connectivity index (χ2v) is 18.7. The molecule has 7 rings (SSSR count). The van der Waals surface area contributed by atoms with Crippen molar-refractivity contribution in [3.05, 3.63) is 0 Å². The Balaban J connectivity index is 1.19. The van der Waals surface area contributed by atoms with E-state index in [1.54, 1.807) is 13.8 Å². The number of carbonyl (C=O) groups is 1. The predicted molar refractivity (Wildman–Crippen MR) is 171 cm³/mol. The molecule has 0 aromatic rings. The normalized spacial score (nSPS) is 56.6. The Bertz CT molecular complexity index is 1270. The summed E-state index contributed by atoms with van der Waals surface area (Å²) in [4.78, 5) is 12.7. The van der Waals surface area contributed by atoms with Crippen LogP contribution in [0.5, 0.6) is 0 Å². The van der Waals surface area contributed by atoms with E-state index in [-0.39, 0.29) is 58.3 Å². The van der Waals surface area contributed by atoms with E-state index in [4.69, 9.17) is 18.9 Å². The average Bonchev–Trinajstić information content (AvgIpc) is 3.40. The lowest BCUT2D eigenvalue weighted by molar-refractivity contribution is -0.303. The van der Waals surface area contributed by atoms with Crippen molar-refractivity contribution in [3.8, 4) is 0 Å². The number of carbonyl (C=O) groups excluding carboxylic acids is 1. The molecule has 7 fully saturated rings. The van der Waals surface area contributed by atoms with E-state index in [1.807, 2.05) is 0 Å². The molecule has 2 spiro atoms. The summed E-state index contributed by atoms with van der Waals surface area (Å²) in [6, 6.07) is 0. The molecule has 0 unspecified atom stereocenters. The fourth-order valence-corrected chi connectivity index (χ4v) is 13.7. The third-order valence-corrected chi connectivity index (χ3v) is 15.9. The lowest BCUT2D eigenvalue weighted by atomic mass is 9.41. The molecule has 0 aromatic heterocycles. The molecule has 5 saturated carbocycles. The van der Waals surface area contributed by atoms with Crippen LogP contribution in [-0.4, -0.2) is 98.3 Å². The third-order valence-electron chi connectivity index (χ3n) is 15.9. The first-order valence-corrected chi connectivity index (χ1v) is 18.3. The molecule has 10 heteroatoms. The zero-order valence-corrected chi connectivity index (χ0v) is 29.7. The molecule has 5 aliphatic carbocycles. The minimum absolute atomic E-state index is 0.0770. The van der Waals surface area contributed by atoms with E-state index in [0.717, 1.165) is 51.4 Å². The summed E-state index contributed by atoms with van der Waals surface area (Å²) in [6.07, 6.45) is 1.51. The van der Waals surface area contributed by atoms with E-state index in [2.05, 4.69) is 34.6 Å². The van der Waals surface area contributed by atoms with Gasteiger partial charge in [-0.1, -0.05) is 27.7 Å². The van der Waals surface area contributed by atoms with Crippen LogP contribution in [0.25, 0.3) is 0 Å². The Labute approximate surface area is 279 Å². The first kappa shape index (κ1) is 34.6. The van der Waals surface area contributed by atoms with Crippen LogP contribution >= 0.6 is 0 Å². The summed E-state index contributed by atoms with van der Waals surface area (Å²) in [6.45, 7) is 16.2. The first-order valence-electron chi connectivity index (χ1n) is 18.3. The van der Waals surface area contributed by atoms with Crippen LogP contribution in [0.4, 0.5) is 0 Å². The molecule has 268 valence electrons. The highest BCUT2D eigenvalue weighted by atomic mass is 16.7. The monoisotopic (exact) mass is 664 g/mol. The van der Waals surface area contributed by atoms with Gasteiger partial charge in [0.2, 0.25) is 0 Å². The number of aliphatic hydroxyl groups excluding tert-OH is 4. The van der Waals surface area contributed by atoms with Gasteiger partial charge in [-0.15, -0.1) is 0 Å². The van der Waals surface area contributed by atoms with E-state index < -0.39 is 53.4 Å². The minimum atomic E-state index is -1.31. The summed E-state index contributed by atoms with van der Waals surface area (Å²) in [7, 11) is 0. The quantitative estimate of drug-likeness (QED) is 0.218. The zero-order chi connectivity index (χ0) is 34.3. The highest BCUT2D eigenvalue weighted by Crippen LogP contribution is 2.89. The lowest BCUT2D eigenvalue weighted by Gasteiger charge is -2.64. The van der Waals surface area contributed by atoms with Gasteiger partial charge in [0.05, 0.1) is 36.1 Å². The summed E-state index contributed by atoms with van der Waals surface area (Å²) in [5.74, 6) is 0.0227. The fourth-order valence-electron chi connectivity index (χ4n) is 13.7. The molecule has 0 aromatic carbocycles. The van der Waals surface area contributed by atoms with Gasteiger partial charge in [-0.2, -0.15) is 0 Å². The highest BCUT2D eigenvalue weighted by Gasteiger charge is 2.85. The van der Waals surface area contributed by atoms with Crippen molar-refractivity contribution in [2.75, 3.05) is 6.61 Å².